The molecule has 6 heteroatoms. The fraction of sp³-hybridized carbons (Fsp3) is 0.143. The van der Waals surface area contributed by atoms with Gasteiger partial charge in [-0.25, -0.2) is 4.98 Å². The zero-order valence-electron chi connectivity index (χ0n) is 7.05. The van der Waals surface area contributed by atoms with Gasteiger partial charge in [-0.2, -0.15) is 0 Å². The Bertz CT molecular complexity index is 440. The molecule has 2 N–H and O–H groups in total. The van der Waals surface area contributed by atoms with E-state index in [0.29, 0.717) is 16.5 Å². The minimum absolute atomic E-state index is 0.373. The fourth-order valence-corrected chi connectivity index (χ4v) is 1.33. The van der Waals surface area contributed by atoms with Crippen LogP contribution in [0, 0.1) is 0 Å². The van der Waals surface area contributed by atoms with Gasteiger partial charge in [-0.3, -0.25) is 4.98 Å². The van der Waals surface area contributed by atoms with Crippen LogP contribution in [0.15, 0.2) is 18.7 Å². The van der Waals surface area contributed by atoms with Gasteiger partial charge in [0.1, 0.15) is 5.52 Å². The van der Waals surface area contributed by atoms with Crippen molar-refractivity contribution in [1.82, 2.24) is 14.5 Å². The van der Waals surface area contributed by atoms with Gasteiger partial charge in [0.15, 0.2) is 0 Å². The highest BCUT2D eigenvalue weighted by atomic mass is 16.4. The summed E-state index contributed by atoms with van der Waals surface area (Å²) in [4.78, 5) is 7.89. The van der Waals surface area contributed by atoms with Gasteiger partial charge in [-0.1, -0.05) is 0 Å². The molecule has 2 aromatic heterocycles. The summed E-state index contributed by atoms with van der Waals surface area (Å²) >= 11 is 0. The number of hydrogen-bond acceptors (Lipinski definition) is 4. The normalized spacial score (nSPS) is 10.7. The zero-order valence-corrected chi connectivity index (χ0v) is 7.05. The van der Waals surface area contributed by atoms with E-state index in [0.717, 1.165) is 0 Å². The summed E-state index contributed by atoms with van der Waals surface area (Å²) in [7, 11) is 0.285. The van der Waals surface area contributed by atoms with E-state index in [1.165, 1.54) is 6.20 Å². The molecular weight excluding hydrogens is 169 g/mol. The molecule has 0 aliphatic heterocycles. The van der Waals surface area contributed by atoms with Gasteiger partial charge in [0.2, 0.25) is 0 Å². The van der Waals surface area contributed by atoms with Crippen molar-refractivity contribution in [2.75, 3.05) is 0 Å². The van der Waals surface area contributed by atoms with E-state index in [9.17, 15) is 0 Å². The Hall–Kier alpha value is -1.40. The van der Waals surface area contributed by atoms with Crippen LogP contribution in [0.2, 0.25) is 0 Å². The number of imidazole rings is 1. The van der Waals surface area contributed by atoms with Crippen LogP contribution in [0.3, 0.4) is 0 Å². The standard InChI is InChI=1S/C7H8BN3O2/c1-11-4-10-6-3-9-2-5(7(6)11)8(12)13/h2-4,12-13H,1H3. The zero-order chi connectivity index (χ0) is 9.42. The van der Waals surface area contributed by atoms with Crippen LogP contribution in [0.5, 0.6) is 0 Å². The highest BCUT2D eigenvalue weighted by Gasteiger charge is 2.17. The number of nitrogens with zero attached hydrogens (tertiary/aromatic N) is 3. The molecule has 0 fully saturated rings. The van der Waals surface area contributed by atoms with Crippen LogP contribution in [0.1, 0.15) is 0 Å². The number of rotatable bonds is 1. The van der Waals surface area contributed by atoms with Crippen LogP contribution in [0.25, 0.3) is 11.0 Å². The largest absolute Gasteiger partial charge is 0.492 e. The summed E-state index contributed by atoms with van der Waals surface area (Å²) in [6, 6.07) is 0. The molecule has 0 amide bonds. The average Bonchev–Trinajstić information content (AvgIpc) is 2.48. The number of aromatic nitrogens is 3. The van der Waals surface area contributed by atoms with Crippen LogP contribution in [-0.2, 0) is 7.05 Å². The Morgan fingerprint density at radius 2 is 2.15 bits per heavy atom. The Labute approximate surface area is 74.8 Å². The summed E-state index contributed by atoms with van der Waals surface area (Å²) in [6.07, 6.45) is 4.62. The monoisotopic (exact) mass is 177 g/mol. The third-order valence-corrected chi connectivity index (χ3v) is 1.93. The lowest BCUT2D eigenvalue weighted by Crippen LogP contribution is -2.31. The third kappa shape index (κ3) is 1.20. The summed E-state index contributed by atoms with van der Waals surface area (Å²) in [5.41, 5.74) is 1.73. The van der Waals surface area contributed by atoms with Crippen molar-refractivity contribution in [3.63, 3.8) is 0 Å². The molecular formula is C7H8BN3O2. The first-order valence-corrected chi connectivity index (χ1v) is 3.81. The van der Waals surface area contributed by atoms with Crippen molar-refractivity contribution in [3.8, 4) is 0 Å². The molecule has 0 aromatic carbocycles. The Balaban J connectivity index is 2.80. The first-order chi connectivity index (χ1) is 6.20. The highest BCUT2D eigenvalue weighted by molar-refractivity contribution is 6.61. The summed E-state index contributed by atoms with van der Waals surface area (Å²) < 4.78 is 1.73. The van der Waals surface area contributed by atoms with E-state index in [-0.39, 0.29) is 0 Å². The van der Waals surface area contributed by atoms with Crippen LogP contribution >= 0.6 is 0 Å². The van der Waals surface area contributed by atoms with Crippen LogP contribution < -0.4 is 5.46 Å². The maximum Gasteiger partial charge on any atom is 0.492 e. The van der Waals surface area contributed by atoms with E-state index in [1.807, 2.05) is 0 Å². The molecule has 0 atom stereocenters. The third-order valence-electron chi connectivity index (χ3n) is 1.93. The van der Waals surface area contributed by atoms with Crippen molar-refractivity contribution in [2.45, 2.75) is 0 Å². The maximum absolute atomic E-state index is 9.04. The van der Waals surface area contributed by atoms with Gasteiger partial charge in [0, 0.05) is 18.7 Å². The van der Waals surface area contributed by atoms with E-state index >= 15 is 0 Å². The first kappa shape index (κ1) is 8.21. The van der Waals surface area contributed by atoms with Crippen molar-refractivity contribution in [2.24, 2.45) is 7.05 Å². The summed E-state index contributed by atoms with van der Waals surface area (Å²) in [5, 5.41) is 18.1. The van der Waals surface area contributed by atoms with Gasteiger partial charge < -0.3 is 14.6 Å². The van der Waals surface area contributed by atoms with Gasteiger partial charge in [-0.05, 0) is 0 Å². The smallest absolute Gasteiger partial charge is 0.423 e. The Morgan fingerprint density at radius 3 is 2.85 bits per heavy atom. The van der Waals surface area contributed by atoms with Gasteiger partial charge in [0.05, 0.1) is 18.0 Å². The number of fused-ring (bicyclic) bond motifs is 1. The molecule has 0 saturated heterocycles. The quantitative estimate of drug-likeness (QED) is 0.528. The Morgan fingerprint density at radius 1 is 1.38 bits per heavy atom. The molecule has 66 valence electrons. The van der Waals surface area contributed by atoms with Gasteiger partial charge >= 0.3 is 7.12 Å². The van der Waals surface area contributed by atoms with Gasteiger partial charge in [-0.15, -0.1) is 0 Å². The summed E-state index contributed by atoms with van der Waals surface area (Å²) in [5.74, 6) is 0. The molecule has 13 heavy (non-hydrogen) atoms. The highest BCUT2D eigenvalue weighted by Crippen LogP contribution is 2.06. The molecule has 2 rings (SSSR count). The molecule has 0 spiro atoms. The lowest BCUT2D eigenvalue weighted by atomic mass is 9.80. The van der Waals surface area contributed by atoms with Crippen molar-refractivity contribution < 1.29 is 10.0 Å². The second-order valence-corrected chi connectivity index (χ2v) is 2.83. The van der Waals surface area contributed by atoms with Gasteiger partial charge in [0.25, 0.3) is 0 Å². The number of hydrogen-bond donors (Lipinski definition) is 2. The average molecular weight is 177 g/mol. The van der Waals surface area contributed by atoms with Crippen molar-refractivity contribution >= 4 is 23.6 Å². The molecule has 0 radical (unpaired) electrons. The SMILES string of the molecule is Cn1cnc2cncc(B(O)O)c21. The fourth-order valence-electron chi connectivity index (χ4n) is 1.33. The minimum Gasteiger partial charge on any atom is -0.423 e. The molecule has 2 heterocycles. The summed E-state index contributed by atoms with van der Waals surface area (Å²) in [6.45, 7) is 0. The molecule has 0 aliphatic carbocycles. The number of aryl methyl sites for hydroxylation is 1. The van der Waals surface area contributed by atoms with Crippen molar-refractivity contribution in [1.29, 1.82) is 0 Å². The van der Waals surface area contributed by atoms with E-state index < -0.39 is 7.12 Å². The first-order valence-electron chi connectivity index (χ1n) is 3.81. The number of pyridine rings is 1. The topological polar surface area (TPSA) is 71.2 Å². The van der Waals surface area contributed by atoms with Crippen molar-refractivity contribution in [3.05, 3.63) is 18.7 Å². The van der Waals surface area contributed by atoms with E-state index in [2.05, 4.69) is 9.97 Å². The van der Waals surface area contributed by atoms with Crippen LogP contribution in [0.4, 0.5) is 0 Å². The second-order valence-electron chi connectivity index (χ2n) is 2.83. The molecule has 0 unspecified atom stereocenters. The maximum atomic E-state index is 9.04. The molecule has 0 bridgehead atoms. The second kappa shape index (κ2) is 2.83. The van der Waals surface area contributed by atoms with E-state index in [4.69, 9.17) is 10.0 Å². The lowest BCUT2D eigenvalue weighted by Gasteiger charge is -2.01. The molecule has 0 saturated carbocycles. The van der Waals surface area contributed by atoms with Crippen LogP contribution in [-0.4, -0.2) is 31.7 Å². The molecule has 0 aliphatic rings. The predicted molar refractivity (Wildman–Crippen MR) is 48.3 cm³/mol. The predicted octanol–water partition coefficient (Wildman–Crippen LogP) is -1.35. The Kier molecular flexibility index (Phi) is 1.79. The lowest BCUT2D eigenvalue weighted by molar-refractivity contribution is 0.426. The van der Waals surface area contributed by atoms with E-state index in [1.54, 1.807) is 24.1 Å². The minimum atomic E-state index is -1.51. The molecule has 5 nitrogen and oxygen atoms in total. The molecule has 2 aromatic rings.